The molecule has 0 bridgehead atoms. The number of hydrogen-bond acceptors (Lipinski definition) is 4. The smallest absolute Gasteiger partial charge is 0.252 e. The van der Waals surface area contributed by atoms with Crippen molar-refractivity contribution in [3.8, 4) is 0 Å². The number of carbonyl (C=O) groups excluding carboxylic acids is 3. The van der Waals surface area contributed by atoms with Crippen molar-refractivity contribution in [2.75, 3.05) is 18.8 Å². The minimum absolute atomic E-state index is 0.00901. The molecule has 0 saturated heterocycles. The Morgan fingerprint density at radius 3 is 2.38 bits per heavy atom. The maximum Gasteiger partial charge on any atom is 0.252 e. The molecule has 0 aromatic heterocycles. The van der Waals surface area contributed by atoms with Crippen LogP contribution in [0.15, 0.2) is 29.2 Å². The summed E-state index contributed by atoms with van der Waals surface area (Å²) in [5.74, 6) is -0.226. The Morgan fingerprint density at radius 1 is 0.966 bits per heavy atom. The van der Waals surface area contributed by atoms with E-state index in [0.29, 0.717) is 12.1 Å². The maximum absolute atomic E-state index is 12.5. The van der Waals surface area contributed by atoms with Gasteiger partial charge in [0.15, 0.2) is 0 Å². The minimum atomic E-state index is -0.305. The van der Waals surface area contributed by atoms with E-state index in [1.54, 1.807) is 12.1 Å². The molecule has 1 aromatic carbocycles. The van der Waals surface area contributed by atoms with Gasteiger partial charge in [-0.05, 0) is 31.4 Å². The fraction of sp³-hybridized carbons (Fsp3) is 0.591. The summed E-state index contributed by atoms with van der Waals surface area (Å²) in [7, 11) is 0. The van der Waals surface area contributed by atoms with Crippen molar-refractivity contribution in [3.05, 3.63) is 29.8 Å². The van der Waals surface area contributed by atoms with Crippen LogP contribution in [-0.4, -0.2) is 42.6 Å². The van der Waals surface area contributed by atoms with E-state index in [0.717, 1.165) is 24.2 Å². The van der Waals surface area contributed by atoms with Crippen molar-refractivity contribution >= 4 is 29.5 Å². The standard InChI is InChI=1S/C22H33N3O3S/c1-2-14-23-20(26)15-24-22(28)18-12-8-9-13-19(18)29-16-21(27)25-17-10-6-4-3-5-7-11-17/h8-9,12-13,17H,2-7,10-11,14-16H2,1H3,(H,23,26)(H,24,28)(H,25,27). The summed E-state index contributed by atoms with van der Waals surface area (Å²) in [5.41, 5.74) is 0.486. The fourth-order valence-electron chi connectivity index (χ4n) is 3.38. The summed E-state index contributed by atoms with van der Waals surface area (Å²) in [4.78, 5) is 37.3. The summed E-state index contributed by atoms with van der Waals surface area (Å²) >= 11 is 1.36. The normalized spacial score (nSPS) is 15.1. The zero-order valence-corrected chi connectivity index (χ0v) is 18.1. The van der Waals surface area contributed by atoms with E-state index in [-0.39, 0.29) is 36.1 Å². The molecule has 160 valence electrons. The van der Waals surface area contributed by atoms with Crippen molar-refractivity contribution < 1.29 is 14.4 Å². The second kappa shape index (κ2) is 13.2. The monoisotopic (exact) mass is 419 g/mol. The molecule has 6 nitrogen and oxygen atoms in total. The van der Waals surface area contributed by atoms with E-state index in [9.17, 15) is 14.4 Å². The van der Waals surface area contributed by atoms with E-state index in [1.165, 1.54) is 43.9 Å². The van der Waals surface area contributed by atoms with Crippen LogP contribution >= 0.6 is 11.8 Å². The van der Waals surface area contributed by atoms with Gasteiger partial charge in [-0.1, -0.05) is 51.2 Å². The van der Waals surface area contributed by atoms with Crippen molar-refractivity contribution in [2.24, 2.45) is 0 Å². The predicted octanol–water partition coefficient (Wildman–Crippen LogP) is 3.26. The Hall–Kier alpha value is -2.02. The Labute approximate surface area is 178 Å². The summed E-state index contributed by atoms with van der Waals surface area (Å²) < 4.78 is 0. The van der Waals surface area contributed by atoms with Gasteiger partial charge >= 0.3 is 0 Å². The van der Waals surface area contributed by atoms with Gasteiger partial charge in [0.1, 0.15) is 0 Å². The molecule has 1 fully saturated rings. The first-order valence-electron chi connectivity index (χ1n) is 10.7. The average Bonchev–Trinajstić information content (AvgIpc) is 2.71. The highest BCUT2D eigenvalue weighted by molar-refractivity contribution is 8.00. The topological polar surface area (TPSA) is 87.3 Å². The van der Waals surface area contributed by atoms with Gasteiger partial charge in [0.2, 0.25) is 11.8 Å². The lowest BCUT2D eigenvalue weighted by atomic mass is 9.97. The Bertz CT molecular complexity index is 673. The predicted molar refractivity (Wildman–Crippen MR) is 117 cm³/mol. The van der Waals surface area contributed by atoms with Crippen LogP contribution < -0.4 is 16.0 Å². The maximum atomic E-state index is 12.5. The third-order valence-corrected chi connectivity index (χ3v) is 6.02. The van der Waals surface area contributed by atoms with Crippen molar-refractivity contribution in [2.45, 2.75) is 69.2 Å². The van der Waals surface area contributed by atoms with Gasteiger partial charge in [0, 0.05) is 17.5 Å². The van der Waals surface area contributed by atoms with Crippen molar-refractivity contribution in [1.29, 1.82) is 0 Å². The average molecular weight is 420 g/mol. The lowest BCUT2D eigenvalue weighted by Gasteiger charge is -2.21. The third kappa shape index (κ3) is 8.90. The quantitative estimate of drug-likeness (QED) is 0.536. The lowest BCUT2D eigenvalue weighted by molar-refractivity contribution is -0.120. The third-order valence-electron chi connectivity index (χ3n) is 4.94. The van der Waals surface area contributed by atoms with Gasteiger partial charge in [-0.15, -0.1) is 11.8 Å². The number of nitrogens with one attached hydrogen (secondary N) is 3. The zero-order valence-electron chi connectivity index (χ0n) is 17.3. The summed E-state index contributed by atoms with van der Waals surface area (Å²) in [6.45, 7) is 2.51. The number of benzene rings is 1. The fourth-order valence-corrected chi connectivity index (χ4v) is 4.24. The Kier molecular flexibility index (Phi) is 10.6. The molecule has 1 aliphatic rings. The first-order valence-corrected chi connectivity index (χ1v) is 11.6. The van der Waals surface area contributed by atoms with Gasteiger partial charge in [-0.3, -0.25) is 14.4 Å². The molecule has 1 aromatic rings. The highest BCUT2D eigenvalue weighted by Crippen LogP contribution is 2.23. The van der Waals surface area contributed by atoms with Crippen LogP contribution in [-0.2, 0) is 9.59 Å². The number of rotatable bonds is 9. The highest BCUT2D eigenvalue weighted by Gasteiger charge is 2.16. The van der Waals surface area contributed by atoms with Crippen LogP contribution in [0, 0.1) is 0 Å². The highest BCUT2D eigenvalue weighted by atomic mass is 32.2. The van der Waals surface area contributed by atoms with Gasteiger partial charge in [0.25, 0.3) is 5.91 Å². The van der Waals surface area contributed by atoms with E-state index in [4.69, 9.17) is 0 Å². The summed E-state index contributed by atoms with van der Waals surface area (Å²) in [5, 5.41) is 8.53. The van der Waals surface area contributed by atoms with E-state index in [2.05, 4.69) is 16.0 Å². The summed E-state index contributed by atoms with van der Waals surface area (Å²) in [6, 6.07) is 7.45. The molecule has 0 heterocycles. The first kappa shape index (κ1) is 23.3. The second-order valence-electron chi connectivity index (χ2n) is 7.43. The van der Waals surface area contributed by atoms with Crippen molar-refractivity contribution in [1.82, 2.24) is 16.0 Å². The molecule has 0 unspecified atom stereocenters. The molecule has 29 heavy (non-hydrogen) atoms. The molecule has 1 saturated carbocycles. The van der Waals surface area contributed by atoms with Crippen LogP contribution in [0.4, 0.5) is 0 Å². The largest absolute Gasteiger partial charge is 0.355 e. The molecule has 0 radical (unpaired) electrons. The van der Waals surface area contributed by atoms with Crippen LogP contribution in [0.3, 0.4) is 0 Å². The SMILES string of the molecule is CCCNC(=O)CNC(=O)c1ccccc1SCC(=O)NC1CCCCCCC1. The van der Waals surface area contributed by atoms with Crippen LogP contribution in [0.5, 0.6) is 0 Å². The molecule has 1 aliphatic carbocycles. The number of hydrogen-bond donors (Lipinski definition) is 3. The van der Waals surface area contributed by atoms with Crippen LogP contribution in [0.25, 0.3) is 0 Å². The van der Waals surface area contributed by atoms with Gasteiger partial charge < -0.3 is 16.0 Å². The van der Waals surface area contributed by atoms with E-state index >= 15 is 0 Å². The molecular weight excluding hydrogens is 386 g/mol. The lowest BCUT2D eigenvalue weighted by Crippen LogP contribution is -2.37. The molecule has 0 aliphatic heterocycles. The molecule has 3 N–H and O–H groups in total. The van der Waals surface area contributed by atoms with Crippen LogP contribution in [0.2, 0.25) is 0 Å². The number of thioether (sulfide) groups is 1. The Balaban J connectivity index is 1.83. The molecular formula is C22H33N3O3S. The van der Waals surface area contributed by atoms with E-state index in [1.807, 2.05) is 19.1 Å². The van der Waals surface area contributed by atoms with Gasteiger partial charge in [-0.25, -0.2) is 0 Å². The van der Waals surface area contributed by atoms with Gasteiger partial charge in [-0.2, -0.15) is 0 Å². The molecule has 3 amide bonds. The minimum Gasteiger partial charge on any atom is -0.355 e. The number of carbonyl (C=O) groups is 3. The summed E-state index contributed by atoms with van der Waals surface area (Å²) in [6.07, 6.45) is 9.10. The molecule has 7 heteroatoms. The van der Waals surface area contributed by atoms with Gasteiger partial charge in [0.05, 0.1) is 17.9 Å². The molecule has 0 atom stereocenters. The number of amides is 3. The molecule has 0 spiro atoms. The van der Waals surface area contributed by atoms with E-state index < -0.39 is 0 Å². The zero-order chi connectivity index (χ0) is 20.9. The molecule has 2 rings (SSSR count). The van der Waals surface area contributed by atoms with Crippen molar-refractivity contribution in [3.63, 3.8) is 0 Å². The second-order valence-corrected chi connectivity index (χ2v) is 8.44. The van der Waals surface area contributed by atoms with Crippen LogP contribution in [0.1, 0.15) is 68.6 Å². The first-order chi connectivity index (χ1) is 14.1. The Morgan fingerprint density at radius 2 is 1.66 bits per heavy atom.